The summed E-state index contributed by atoms with van der Waals surface area (Å²) in [6, 6.07) is 11.7. The van der Waals surface area contributed by atoms with Gasteiger partial charge in [-0.05, 0) is 55.8 Å². The van der Waals surface area contributed by atoms with Crippen LogP contribution in [0, 0.1) is 6.92 Å². The number of aromatic nitrogens is 2. The van der Waals surface area contributed by atoms with Crippen LogP contribution in [-0.2, 0) is 14.9 Å². The van der Waals surface area contributed by atoms with E-state index in [1.54, 1.807) is 38.1 Å². The lowest BCUT2D eigenvalue weighted by Crippen LogP contribution is -2.26. The molecule has 0 saturated heterocycles. The van der Waals surface area contributed by atoms with E-state index in [0.717, 1.165) is 10.7 Å². The predicted octanol–water partition coefficient (Wildman–Crippen LogP) is 3.26. The molecule has 11 heteroatoms. The summed E-state index contributed by atoms with van der Waals surface area (Å²) in [5.74, 6) is -0.977. The normalized spacial score (nSPS) is 11.1. The second kappa shape index (κ2) is 9.53. The summed E-state index contributed by atoms with van der Waals surface area (Å²) < 4.78 is 42.6. The Bertz CT molecular complexity index is 1340. The maximum Gasteiger partial charge on any atom is 0.362 e. The van der Waals surface area contributed by atoms with E-state index in [4.69, 9.17) is 13.7 Å². The number of ether oxygens (including phenoxy) is 2. The molecule has 0 spiro atoms. The van der Waals surface area contributed by atoms with Crippen molar-refractivity contribution in [2.45, 2.75) is 18.7 Å². The lowest BCUT2D eigenvalue weighted by molar-refractivity contribution is 0.0515. The summed E-state index contributed by atoms with van der Waals surface area (Å²) in [5, 5.41) is 4.02. The molecule has 9 nitrogen and oxygen atoms in total. The van der Waals surface area contributed by atoms with Crippen LogP contribution in [0.1, 0.15) is 23.0 Å². The average Bonchev–Trinajstić information content (AvgIpc) is 2.73. The fourth-order valence-corrected chi connectivity index (χ4v) is 4.21. The molecular formula is C21H19BrN2O7S. The van der Waals surface area contributed by atoms with Crippen molar-refractivity contribution in [3.05, 3.63) is 74.6 Å². The van der Waals surface area contributed by atoms with Gasteiger partial charge >= 0.3 is 16.1 Å². The average molecular weight is 523 g/mol. The first-order valence-electron chi connectivity index (χ1n) is 9.33. The molecule has 0 atom stereocenters. The topological polar surface area (TPSA) is 114 Å². The van der Waals surface area contributed by atoms with Gasteiger partial charge in [0.1, 0.15) is 10.6 Å². The largest absolute Gasteiger partial charge is 0.496 e. The summed E-state index contributed by atoms with van der Waals surface area (Å²) in [7, 11) is -2.93. The molecule has 0 fully saturated rings. The minimum atomic E-state index is -4.39. The van der Waals surface area contributed by atoms with Gasteiger partial charge in [0.05, 0.1) is 25.5 Å². The molecule has 1 heterocycles. The highest BCUT2D eigenvalue weighted by Crippen LogP contribution is 2.26. The predicted molar refractivity (Wildman–Crippen MR) is 119 cm³/mol. The number of esters is 1. The molecule has 0 N–H and O–H groups in total. The molecule has 0 unspecified atom stereocenters. The lowest BCUT2D eigenvalue weighted by Gasteiger charge is -2.13. The van der Waals surface area contributed by atoms with Crippen molar-refractivity contribution in [3.8, 4) is 17.2 Å². The number of hydrogen-bond acceptors (Lipinski definition) is 8. The first-order chi connectivity index (χ1) is 15.2. The molecule has 0 aliphatic carbocycles. The third-order valence-electron chi connectivity index (χ3n) is 4.27. The van der Waals surface area contributed by atoms with Crippen molar-refractivity contribution in [1.29, 1.82) is 0 Å². The van der Waals surface area contributed by atoms with Crippen LogP contribution in [0.2, 0.25) is 0 Å². The zero-order chi connectivity index (χ0) is 23.5. The van der Waals surface area contributed by atoms with Gasteiger partial charge in [-0.2, -0.15) is 18.2 Å². The van der Waals surface area contributed by atoms with Gasteiger partial charge < -0.3 is 13.7 Å². The quantitative estimate of drug-likeness (QED) is 0.343. The minimum Gasteiger partial charge on any atom is -0.496 e. The van der Waals surface area contributed by atoms with Gasteiger partial charge in [-0.3, -0.25) is 4.79 Å². The molecule has 1 aromatic heterocycles. The highest BCUT2D eigenvalue weighted by Gasteiger charge is 2.26. The molecule has 0 radical (unpaired) electrons. The van der Waals surface area contributed by atoms with Crippen molar-refractivity contribution in [2.24, 2.45) is 0 Å². The number of methoxy groups -OCH3 is 1. The zero-order valence-corrected chi connectivity index (χ0v) is 19.8. The number of aryl methyl sites for hydroxylation is 1. The Morgan fingerprint density at radius 1 is 1.12 bits per heavy atom. The lowest BCUT2D eigenvalue weighted by atomic mass is 10.2. The smallest absolute Gasteiger partial charge is 0.362 e. The number of benzene rings is 2. The molecule has 0 saturated carbocycles. The van der Waals surface area contributed by atoms with Crippen molar-refractivity contribution in [2.75, 3.05) is 13.7 Å². The molecule has 0 bridgehead atoms. The van der Waals surface area contributed by atoms with Gasteiger partial charge in [0.25, 0.3) is 5.56 Å². The molecule has 0 aliphatic rings. The second-order valence-electron chi connectivity index (χ2n) is 6.48. The molecule has 2 aromatic carbocycles. The fraction of sp³-hybridized carbons (Fsp3) is 0.190. The molecule has 3 rings (SSSR count). The summed E-state index contributed by atoms with van der Waals surface area (Å²) in [4.78, 5) is 25.0. The summed E-state index contributed by atoms with van der Waals surface area (Å²) in [5.41, 5.74) is -0.242. The van der Waals surface area contributed by atoms with E-state index in [2.05, 4.69) is 21.0 Å². The summed E-state index contributed by atoms with van der Waals surface area (Å²) >= 11 is 3.30. The van der Waals surface area contributed by atoms with E-state index in [1.807, 2.05) is 0 Å². The van der Waals surface area contributed by atoms with Crippen molar-refractivity contribution < 1.29 is 26.9 Å². The fourth-order valence-electron chi connectivity index (χ4n) is 2.81. The minimum absolute atomic E-state index is 0.0143. The van der Waals surface area contributed by atoms with Gasteiger partial charge in [0.15, 0.2) is 5.75 Å². The maximum absolute atomic E-state index is 12.8. The SMILES string of the molecule is CCOC(=O)c1nn(-c2cccc(Br)c2)c(=O)cc1OS(=O)(=O)c1ccc(OC)c(C)c1. The number of halogens is 1. The van der Waals surface area contributed by atoms with E-state index >= 15 is 0 Å². The van der Waals surface area contributed by atoms with Gasteiger partial charge in [-0.25, -0.2) is 4.79 Å². The first-order valence-corrected chi connectivity index (χ1v) is 11.5. The van der Waals surface area contributed by atoms with Crippen LogP contribution in [0.5, 0.6) is 11.5 Å². The molecule has 3 aromatic rings. The standard InChI is InChI=1S/C21H19BrN2O7S/c1-4-30-21(26)20-18(12-19(25)24(23-20)15-7-5-6-14(22)11-15)31-32(27,28)16-8-9-17(29-3)13(2)10-16/h5-12H,4H2,1-3H3. The van der Waals surface area contributed by atoms with Crippen LogP contribution in [0.4, 0.5) is 0 Å². The monoisotopic (exact) mass is 522 g/mol. The van der Waals surface area contributed by atoms with E-state index in [0.29, 0.717) is 21.5 Å². The van der Waals surface area contributed by atoms with Crippen LogP contribution in [0.3, 0.4) is 0 Å². The molecular weight excluding hydrogens is 504 g/mol. The highest BCUT2D eigenvalue weighted by molar-refractivity contribution is 9.10. The van der Waals surface area contributed by atoms with Crippen molar-refractivity contribution >= 4 is 32.0 Å². The molecule has 168 valence electrons. The maximum atomic E-state index is 12.8. The number of rotatable bonds is 7. The Balaban J connectivity index is 2.11. The van der Waals surface area contributed by atoms with Crippen LogP contribution >= 0.6 is 15.9 Å². The van der Waals surface area contributed by atoms with Gasteiger partial charge in [0.2, 0.25) is 5.69 Å². The van der Waals surface area contributed by atoms with Crippen LogP contribution in [0.25, 0.3) is 5.69 Å². The van der Waals surface area contributed by atoms with Crippen molar-refractivity contribution in [1.82, 2.24) is 9.78 Å². The number of carbonyl (C=O) groups excluding carboxylic acids is 1. The summed E-state index contributed by atoms with van der Waals surface area (Å²) in [6.45, 7) is 3.27. The third-order valence-corrected chi connectivity index (χ3v) is 6.00. The first kappa shape index (κ1) is 23.5. The van der Waals surface area contributed by atoms with Crippen LogP contribution < -0.4 is 14.5 Å². The van der Waals surface area contributed by atoms with E-state index in [9.17, 15) is 18.0 Å². The Labute approximate surface area is 192 Å². The van der Waals surface area contributed by atoms with Gasteiger partial charge in [-0.1, -0.05) is 22.0 Å². The zero-order valence-electron chi connectivity index (χ0n) is 17.4. The number of hydrogen-bond donors (Lipinski definition) is 0. The van der Waals surface area contributed by atoms with E-state index < -0.39 is 33.1 Å². The summed E-state index contributed by atoms with van der Waals surface area (Å²) in [6.07, 6.45) is 0. The van der Waals surface area contributed by atoms with Crippen molar-refractivity contribution in [3.63, 3.8) is 0 Å². The van der Waals surface area contributed by atoms with Gasteiger partial charge in [0, 0.05) is 4.47 Å². The van der Waals surface area contributed by atoms with E-state index in [-0.39, 0.29) is 11.5 Å². The Morgan fingerprint density at radius 3 is 2.50 bits per heavy atom. The Hall–Kier alpha value is -3.18. The molecule has 0 amide bonds. The molecule has 32 heavy (non-hydrogen) atoms. The second-order valence-corrected chi connectivity index (χ2v) is 8.94. The van der Waals surface area contributed by atoms with Crippen LogP contribution in [0.15, 0.2) is 62.7 Å². The molecule has 0 aliphatic heterocycles. The highest BCUT2D eigenvalue weighted by atomic mass is 79.9. The number of nitrogens with zero attached hydrogens (tertiary/aromatic N) is 2. The Morgan fingerprint density at radius 2 is 1.88 bits per heavy atom. The van der Waals surface area contributed by atoms with Crippen LogP contribution in [-0.4, -0.2) is 37.9 Å². The Kier molecular flexibility index (Phi) is 6.99. The van der Waals surface area contributed by atoms with Gasteiger partial charge in [-0.15, -0.1) is 0 Å². The van der Waals surface area contributed by atoms with E-state index in [1.165, 1.54) is 25.3 Å². The number of carbonyl (C=O) groups is 1. The third kappa shape index (κ3) is 5.00.